The monoisotopic (exact) mass is 587 g/mol. The molecule has 12 heteroatoms. The first kappa shape index (κ1) is 28.6. The van der Waals surface area contributed by atoms with Crippen LogP contribution in [0.5, 0.6) is 0 Å². The minimum absolute atomic E-state index is 0.00199. The molecule has 224 valence electrons. The van der Waals surface area contributed by atoms with E-state index in [1.54, 1.807) is 6.33 Å². The molecule has 0 saturated heterocycles. The normalized spacial score (nSPS) is 30.5. The van der Waals surface area contributed by atoms with Gasteiger partial charge in [0, 0.05) is 12.0 Å². The number of hydrogen-bond acceptors (Lipinski definition) is 10. The van der Waals surface area contributed by atoms with E-state index in [2.05, 4.69) is 22.2 Å². The number of rotatable bonds is 11. The maximum atomic E-state index is 13.2. The van der Waals surface area contributed by atoms with E-state index in [4.69, 9.17) is 37.5 Å². The van der Waals surface area contributed by atoms with Crippen LogP contribution in [0.4, 0.5) is 5.82 Å². The molecule has 4 aliphatic rings. The second kappa shape index (κ2) is 10.6. The van der Waals surface area contributed by atoms with Gasteiger partial charge in [-0.3, -0.25) is 9.59 Å². The van der Waals surface area contributed by atoms with Gasteiger partial charge in [0.05, 0.1) is 12.4 Å². The van der Waals surface area contributed by atoms with Crippen LogP contribution < -0.4 is 16.8 Å². The fourth-order valence-electron chi connectivity index (χ4n) is 6.71. The number of carbonyl (C=O) groups is 2. The van der Waals surface area contributed by atoms with Crippen LogP contribution in [0.1, 0.15) is 66.3 Å². The first-order valence-corrected chi connectivity index (χ1v) is 15.4. The lowest BCUT2D eigenvalue weighted by Crippen LogP contribution is -2.47. The zero-order valence-electron chi connectivity index (χ0n) is 24.4. The summed E-state index contributed by atoms with van der Waals surface area (Å²) in [7, 11) is 0. The Morgan fingerprint density at radius 3 is 2.05 bits per heavy atom. The zero-order valence-corrected chi connectivity index (χ0v) is 25.1. The highest BCUT2D eigenvalue weighted by molar-refractivity contribution is 6.28. The highest BCUT2D eigenvalue weighted by Gasteiger charge is 2.69. The molecule has 0 bridgehead atoms. The molecular formula is C29H42ClN7O4. The Morgan fingerprint density at radius 1 is 0.951 bits per heavy atom. The van der Waals surface area contributed by atoms with Gasteiger partial charge in [0.1, 0.15) is 18.2 Å². The van der Waals surface area contributed by atoms with Crippen LogP contribution in [0.15, 0.2) is 6.33 Å². The van der Waals surface area contributed by atoms with E-state index >= 15 is 0 Å². The van der Waals surface area contributed by atoms with Crippen molar-refractivity contribution >= 4 is 40.5 Å². The molecule has 0 amide bonds. The van der Waals surface area contributed by atoms with Crippen molar-refractivity contribution in [1.29, 1.82) is 0 Å². The highest BCUT2D eigenvalue weighted by Crippen LogP contribution is 2.64. The van der Waals surface area contributed by atoms with Crippen LogP contribution in [-0.4, -0.2) is 61.8 Å². The third kappa shape index (κ3) is 5.29. The van der Waals surface area contributed by atoms with Crippen molar-refractivity contribution in [2.24, 2.45) is 52.9 Å². The Hall–Kier alpha value is -2.50. The zero-order chi connectivity index (χ0) is 29.3. The third-order valence-electron chi connectivity index (χ3n) is 9.72. The van der Waals surface area contributed by atoms with E-state index in [-0.39, 0.29) is 40.9 Å². The molecule has 4 fully saturated rings. The maximum Gasteiger partial charge on any atom is 0.323 e. The topological polar surface area (TPSA) is 160 Å². The number of esters is 2. The summed E-state index contributed by atoms with van der Waals surface area (Å²) in [5.41, 5.74) is 13.5. The van der Waals surface area contributed by atoms with Gasteiger partial charge >= 0.3 is 11.9 Å². The molecule has 2 aromatic rings. The SMILES string of the molecule is CC(C)[C@H](N)C(=O)OC1C(OC(=O)[C@@H](N)C(C)C)[C@@H]2[C@H](C)[C@@H]2C1n1cnc2c(NC(C3CC3)C3CC3)nc(Cl)nc21. The van der Waals surface area contributed by atoms with E-state index in [1.165, 1.54) is 25.7 Å². The van der Waals surface area contributed by atoms with Crippen molar-refractivity contribution in [3.63, 3.8) is 0 Å². The summed E-state index contributed by atoms with van der Waals surface area (Å²) in [5.74, 6) is 0.972. The van der Waals surface area contributed by atoms with E-state index < -0.39 is 36.2 Å². The average molecular weight is 588 g/mol. The second-order valence-electron chi connectivity index (χ2n) is 13.4. The van der Waals surface area contributed by atoms with Crippen molar-refractivity contribution < 1.29 is 19.1 Å². The summed E-state index contributed by atoms with van der Waals surface area (Å²) in [5, 5.41) is 3.77. The molecule has 0 aliphatic heterocycles. The number of fused-ring (bicyclic) bond motifs is 2. The number of halogens is 1. The summed E-state index contributed by atoms with van der Waals surface area (Å²) >= 11 is 6.48. The standard InChI is InChI=1S/C29H42ClN7O4/c1-11(2)18(31)27(38)40-23-17-13(5)16(17)22(24(23)41-28(39)19(32)12(3)4)37-10-33-21-25(35-29(30)36-26(21)37)34-20(14-6-7-14)15-8-9-15/h10-20,22-24H,6-9,31-32H2,1-5H3,(H,34,35,36)/t13-,16+,17-,18+,19+,22?,23?,24?/m1/s1. The number of hydrogen-bond donors (Lipinski definition) is 3. The number of aromatic nitrogens is 4. The lowest BCUT2D eigenvalue weighted by atomic mass is 10.0. The third-order valence-corrected chi connectivity index (χ3v) is 9.88. The fourth-order valence-corrected chi connectivity index (χ4v) is 6.87. The number of nitrogens with zero attached hydrogens (tertiary/aromatic N) is 4. The van der Waals surface area contributed by atoms with Crippen LogP contribution >= 0.6 is 11.6 Å². The lowest BCUT2D eigenvalue weighted by molar-refractivity contribution is -0.173. The van der Waals surface area contributed by atoms with Gasteiger partial charge in [-0.15, -0.1) is 0 Å². The lowest BCUT2D eigenvalue weighted by Gasteiger charge is -2.32. The molecule has 4 saturated carbocycles. The Bertz CT molecular complexity index is 1310. The first-order chi connectivity index (χ1) is 19.5. The summed E-state index contributed by atoms with van der Waals surface area (Å²) < 4.78 is 14.1. The Labute approximate surface area is 245 Å². The number of nitrogens with one attached hydrogen (secondary N) is 1. The molecule has 2 aromatic heterocycles. The molecule has 3 unspecified atom stereocenters. The van der Waals surface area contributed by atoms with Crippen LogP contribution in [0, 0.1) is 41.4 Å². The maximum absolute atomic E-state index is 13.2. The number of anilines is 1. The Morgan fingerprint density at radius 2 is 1.51 bits per heavy atom. The van der Waals surface area contributed by atoms with Gasteiger partial charge in [-0.2, -0.15) is 9.97 Å². The molecule has 41 heavy (non-hydrogen) atoms. The van der Waals surface area contributed by atoms with Crippen molar-refractivity contribution in [1.82, 2.24) is 19.5 Å². The van der Waals surface area contributed by atoms with E-state index in [0.717, 1.165) is 0 Å². The number of imidazole rings is 1. The minimum Gasteiger partial charge on any atom is -0.457 e. The number of ether oxygens (including phenoxy) is 2. The number of carbonyl (C=O) groups excluding carboxylic acids is 2. The smallest absolute Gasteiger partial charge is 0.323 e. The van der Waals surface area contributed by atoms with Crippen molar-refractivity contribution in [2.75, 3.05) is 5.32 Å². The van der Waals surface area contributed by atoms with Crippen LogP contribution in [0.3, 0.4) is 0 Å². The van der Waals surface area contributed by atoms with Gasteiger partial charge < -0.3 is 30.8 Å². The van der Waals surface area contributed by atoms with E-state index in [1.807, 2.05) is 32.3 Å². The molecule has 0 spiro atoms. The highest BCUT2D eigenvalue weighted by atomic mass is 35.5. The molecule has 0 aromatic carbocycles. The molecule has 6 rings (SSSR count). The largest absolute Gasteiger partial charge is 0.457 e. The summed E-state index contributed by atoms with van der Waals surface area (Å²) in [4.78, 5) is 40.0. The summed E-state index contributed by atoms with van der Waals surface area (Å²) in [6.07, 6.45) is 5.15. The minimum atomic E-state index is -0.812. The van der Waals surface area contributed by atoms with Gasteiger partial charge in [-0.1, -0.05) is 34.6 Å². The summed E-state index contributed by atoms with van der Waals surface area (Å²) in [6, 6.07) is -1.61. The fraction of sp³-hybridized carbons (Fsp3) is 0.759. The summed E-state index contributed by atoms with van der Waals surface area (Å²) in [6.45, 7) is 9.59. The van der Waals surface area contributed by atoms with Crippen molar-refractivity contribution in [3.05, 3.63) is 11.6 Å². The van der Waals surface area contributed by atoms with Gasteiger partial charge in [0.15, 0.2) is 23.1 Å². The van der Waals surface area contributed by atoms with Crippen LogP contribution in [0.25, 0.3) is 11.2 Å². The predicted molar refractivity (Wildman–Crippen MR) is 154 cm³/mol. The Balaban J connectivity index is 1.36. The molecular weight excluding hydrogens is 546 g/mol. The number of nitrogens with two attached hydrogens (primary N) is 2. The molecule has 0 radical (unpaired) electrons. The molecule has 2 heterocycles. The van der Waals surface area contributed by atoms with E-state index in [9.17, 15) is 9.59 Å². The molecule has 4 aliphatic carbocycles. The van der Waals surface area contributed by atoms with Gasteiger partial charge in [0.25, 0.3) is 0 Å². The van der Waals surface area contributed by atoms with E-state index in [0.29, 0.717) is 34.9 Å². The van der Waals surface area contributed by atoms with Crippen molar-refractivity contribution in [2.45, 2.75) is 96.7 Å². The van der Waals surface area contributed by atoms with Crippen LogP contribution in [-0.2, 0) is 19.1 Å². The van der Waals surface area contributed by atoms with Crippen molar-refractivity contribution in [3.8, 4) is 0 Å². The molecule has 8 atom stereocenters. The molecule has 5 N–H and O–H groups in total. The quantitative estimate of drug-likeness (QED) is 0.263. The van der Waals surface area contributed by atoms with Crippen LogP contribution in [0.2, 0.25) is 5.28 Å². The first-order valence-electron chi connectivity index (χ1n) is 15.1. The van der Waals surface area contributed by atoms with Gasteiger partial charge in [0.2, 0.25) is 5.28 Å². The predicted octanol–water partition coefficient (Wildman–Crippen LogP) is 3.31. The average Bonchev–Trinajstić information content (AvgIpc) is 3.85. The molecule has 11 nitrogen and oxygen atoms in total. The van der Waals surface area contributed by atoms with Gasteiger partial charge in [-0.25, -0.2) is 4.98 Å². The Kier molecular flexibility index (Phi) is 7.43. The second-order valence-corrected chi connectivity index (χ2v) is 13.7. The van der Waals surface area contributed by atoms with Gasteiger partial charge in [-0.05, 0) is 72.8 Å².